The summed E-state index contributed by atoms with van der Waals surface area (Å²) < 4.78 is 6.94. The van der Waals surface area contributed by atoms with E-state index in [-0.39, 0.29) is 63.8 Å². The number of nitro groups is 1. The van der Waals surface area contributed by atoms with Gasteiger partial charge in [-0.3, -0.25) is 34.2 Å². The number of imide groups is 1. The minimum absolute atomic E-state index is 0.0624. The number of carbonyl (C=O) groups is 3. The number of ether oxygens (including phenoxy) is 1. The molecule has 3 heterocycles. The lowest BCUT2D eigenvalue weighted by Crippen LogP contribution is -2.42. The van der Waals surface area contributed by atoms with Crippen molar-refractivity contribution in [3.05, 3.63) is 106 Å². The molecule has 2 aliphatic carbocycles. The van der Waals surface area contributed by atoms with E-state index in [4.69, 9.17) is 16.3 Å². The van der Waals surface area contributed by atoms with Crippen LogP contribution in [0.5, 0.6) is 5.75 Å². The van der Waals surface area contributed by atoms with Crippen LogP contribution in [0.4, 0.5) is 17.1 Å². The summed E-state index contributed by atoms with van der Waals surface area (Å²) >= 11 is 12.3. The first-order chi connectivity index (χ1) is 23.1. The Bertz CT molecular complexity index is 2070. The molecule has 2 bridgehead atoms. The van der Waals surface area contributed by atoms with Crippen LogP contribution in [-0.2, 0) is 14.4 Å². The number of H-pyrrole nitrogens is 1. The first kappa shape index (κ1) is 31.3. The fraction of sp³-hybridized carbons (Fsp3) is 0.273. The van der Waals surface area contributed by atoms with Gasteiger partial charge in [-0.25, -0.2) is 0 Å². The molecule has 0 spiro atoms. The van der Waals surface area contributed by atoms with Gasteiger partial charge < -0.3 is 15.0 Å². The highest BCUT2D eigenvalue weighted by Crippen LogP contribution is 2.69. The number of thiazole rings is 1. The minimum Gasteiger partial charge on any atom is -0.483 e. The van der Waals surface area contributed by atoms with Gasteiger partial charge in [-0.2, -0.15) is 0 Å². The van der Waals surface area contributed by atoms with Crippen molar-refractivity contribution in [2.24, 2.45) is 29.6 Å². The number of aromatic amines is 1. The van der Waals surface area contributed by atoms with E-state index in [1.807, 2.05) is 12.1 Å². The van der Waals surface area contributed by atoms with E-state index in [1.165, 1.54) is 29.2 Å². The van der Waals surface area contributed by atoms with Crippen molar-refractivity contribution in [1.29, 1.82) is 0 Å². The van der Waals surface area contributed by atoms with Crippen molar-refractivity contribution in [1.82, 2.24) is 4.98 Å². The summed E-state index contributed by atoms with van der Waals surface area (Å²) in [7, 11) is 0. The molecule has 244 valence electrons. The molecular weight excluding hydrogens is 744 g/mol. The lowest BCUT2D eigenvalue weighted by atomic mass is 9.68. The maximum absolute atomic E-state index is 14.1. The van der Waals surface area contributed by atoms with E-state index in [1.54, 1.807) is 42.1 Å². The number of nitrogens with one attached hydrogen (secondary N) is 2. The van der Waals surface area contributed by atoms with Crippen molar-refractivity contribution in [3.63, 3.8) is 0 Å². The largest absolute Gasteiger partial charge is 0.483 e. The van der Waals surface area contributed by atoms with E-state index < -0.39 is 16.8 Å². The number of hydrogen-bond donors (Lipinski definition) is 2. The Hall–Kier alpha value is -3.98. The summed E-state index contributed by atoms with van der Waals surface area (Å²) in [6, 6.07) is 17.8. The summed E-state index contributed by atoms with van der Waals surface area (Å²) in [5, 5.41) is 15.2. The Morgan fingerprint density at radius 2 is 1.75 bits per heavy atom. The summed E-state index contributed by atoms with van der Waals surface area (Å²) in [5.41, 5.74) is 1.55. The van der Waals surface area contributed by atoms with Gasteiger partial charge >= 0.3 is 4.87 Å². The molecule has 7 atom stereocenters. The second-order valence-corrected chi connectivity index (χ2v) is 15.8. The maximum atomic E-state index is 14.1. The minimum atomic E-state index is -0.555. The van der Waals surface area contributed by atoms with Crippen LogP contribution in [0, 0.1) is 39.7 Å². The predicted molar refractivity (Wildman–Crippen MR) is 184 cm³/mol. The quantitative estimate of drug-likeness (QED) is 0.124. The second-order valence-electron chi connectivity index (χ2n) is 12.3. The van der Waals surface area contributed by atoms with Gasteiger partial charge in [0.25, 0.3) is 11.6 Å². The number of halogens is 2. The zero-order valence-corrected chi connectivity index (χ0v) is 28.6. The Morgan fingerprint density at radius 1 is 1.04 bits per heavy atom. The normalized spacial score (nSPS) is 26.6. The number of fused-ring (bicyclic) bond motifs is 9. The standard InChI is InChI=1S/C33H24BrClN4O7S2/c34-14-1-10-22(46-13-23(40)36-16-4-2-15(35)3-5-16)19(11-14)24-25-20-12-21(28(25)47-30-29(24)48-33(43)37-30)27-26(20)31(41)38(32(27)42)17-6-8-18(9-7-17)39(44)45/h1-11,20-21,24-28H,12-13H2,(H,36,40)(H,37,43)/t20?,21?,24-,25?,26?,27?,28?/m1/s1. The van der Waals surface area contributed by atoms with Gasteiger partial charge in [0, 0.05) is 48.9 Å². The molecule has 1 saturated heterocycles. The number of benzene rings is 3. The van der Waals surface area contributed by atoms with Gasteiger partial charge in [0.2, 0.25) is 11.8 Å². The van der Waals surface area contributed by atoms with E-state index in [0.29, 0.717) is 28.6 Å². The molecule has 3 fully saturated rings. The number of anilines is 2. The number of rotatable bonds is 7. The average Bonchev–Trinajstić information content (AvgIpc) is 3.80. The third-order valence-electron chi connectivity index (χ3n) is 9.84. The van der Waals surface area contributed by atoms with Crippen molar-refractivity contribution < 1.29 is 24.0 Å². The molecule has 15 heteroatoms. The Kier molecular flexibility index (Phi) is 7.73. The number of hydrogen-bond acceptors (Lipinski definition) is 9. The molecule has 6 unspecified atom stereocenters. The van der Waals surface area contributed by atoms with Gasteiger partial charge in [0.1, 0.15) is 5.75 Å². The first-order valence-corrected chi connectivity index (χ1v) is 18.0. The zero-order chi connectivity index (χ0) is 33.4. The maximum Gasteiger partial charge on any atom is 0.305 e. The molecule has 4 aromatic rings. The lowest BCUT2D eigenvalue weighted by Gasteiger charge is -2.43. The first-order valence-electron chi connectivity index (χ1n) is 15.1. The van der Waals surface area contributed by atoms with Gasteiger partial charge in [-0.1, -0.05) is 38.9 Å². The predicted octanol–water partition coefficient (Wildman–Crippen LogP) is 6.46. The third kappa shape index (κ3) is 5.08. The Labute approximate surface area is 294 Å². The highest BCUT2D eigenvalue weighted by atomic mass is 79.9. The summed E-state index contributed by atoms with van der Waals surface area (Å²) in [5.74, 6) is -2.26. The van der Waals surface area contributed by atoms with Crippen LogP contribution in [0.15, 0.2) is 81.0 Å². The van der Waals surface area contributed by atoms with E-state index in [2.05, 4.69) is 26.2 Å². The SMILES string of the molecule is O=C(COc1ccc(Br)cc1[C@H]1c2sc(=O)[nH]c2SC2C3CC(C4C(=O)N(c5ccc([N+](=O)[O-])cc5)C(=O)C34)C21)Nc1ccc(Cl)cc1. The molecule has 4 aliphatic rings. The number of amides is 3. The molecule has 11 nitrogen and oxygen atoms in total. The van der Waals surface area contributed by atoms with Gasteiger partial charge in [0.05, 0.1) is 27.5 Å². The summed E-state index contributed by atoms with van der Waals surface area (Å²) in [4.78, 5) is 69.1. The van der Waals surface area contributed by atoms with Crippen molar-refractivity contribution >= 4 is 85.4 Å². The fourth-order valence-corrected chi connectivity index (χ4v) is 11.5. The van der Waals surface area contributed by atoms with Crippen LogP contribution in [0.25, 0.3) is 0 Å². The molecule has 8 rings (SSSR count). The van der Waals surface area contributed by atoms with Crippen molar-refractivity contribution in [2.75, 3.05) is 16.8 Å². The molecule has 48 heavy (non-hydrogen) atoms. The van der Waals surface area contributed by atoms with Gasteiger partial charge in [-0.05, 0) is 78.8 Å². The molecule has 3 amide bonds. The summed E-state index contributed by atoms with van der Waals surface area (Å²) in [6.45, 7) is -0.267. The number of nitrogens with zero attached hydrogens (tertiary/aromatic N) is 2. The summed E-state index contributed by atoms with van der Waals surface area (Å²) in [6.07, 6.45) is 0.687. The molecule has 3 aromatic carbocycles. The van der Waals surface area contributed by atoms with Crippen LogP contribution in [-0.4, -0.2) is 39.5 Å². The van der Waals surface area contributed by atoms with Crippen LogP contribution in [0.1, 0.15) is 22.8 Å². The van der Waals surface area contributed by atoms with Gasteiger partial charge in [0.15, 0.2) is 6.61 Å². The number of carbonyl (C=O) groups excluding carboxylic acids is 3. The van der Waals surface area contributed by atoms with E-state index >= 15 is 0 Å². The van der Waals surface area contributed by atoms with E-state index in [9.17, 15) is 29.3 Å². The second kappa shape index (κ2) is 11.9. The van der Waals surface area contributed by atoms with Crippen molar-refractivity contribution in [3.8, 4) is 5.75 Å². The van der Waals surface area contributed by atoms with Crippen LogP contribution >= 0.6 is 50.6 Å². The molecule has 2 N–H and O–H groups in total. The molecule has 1 aromatic heterocycles. The van der Waals surface area contributed by atoms with Crippen LogP contribution < -0.4 is 19.8 Å². The molecule has 2 aliphatic heterocycles. The fourth-order valence-electron chi connectivity index (χ4n) is 8.11. The highest BCUT2D eigenvalue weighted by Gasteiger charge is 2.70. The van der Waals surface area contributed by atoms with Crippen LogP contribution in [0.2, 0.25) is 5.02 Å². The zero-order valence-electron chi connectivity index (χ0n) is 24.6. The number of non-ortho nitro benzene ring substituents is 1. The lowest BCUT2D eigenvalue weighted by molar-refractivity contribution is -0.384. The Balaban J connectivity index is 1.13. The topological polar surface area (TPSA) is 152 Å². The smallest absolute Gasteiger partial charge is 0.305 e. The van der Waals surface area contributed by atoms with E-state index in [0.717, 1.165) is 31.3 Å². The highest BCUT2D eigenvalue weighted by molar-refractivity contribution is 9.10. The monoisotopic (exact) mass is 766 g/mol. The number of thioether (sulfide) groups is 1. The number of aromatic nitrogens is 1. The Morgan fingerprint density at radius 3 is 2.46 bits per heavy atom. The van der Waals surface area contributed by atoms with Crippen molar-refractivity contribution in [2.45, 2.75) is 22.6 Å². The molecular formula is C33H24BrClN4O7S2. The van der Waals surface area contributed by atoms with Crippen LogP contribution in [0.3, 0.4) is 0 Å². The molecule has 0 radical (unpaired) electrons. The molecule has 2 saturated carbocycles. The average molecular weight is 768 g/mol. The number of nitro benzene ring substituents is 1. The third-order valence-corrected chi connectivity index (χ3v) is 13.2. The van der Waals surface area contributed by atoms with Gasteiger partial charge in [-0.15, -0.1) is 11.8 Å².